The molecule has 0 saturated heterocycles. The van der Waals surface area contributed by atoms with Crippen molar-refractivity contribution in [3.63, 3.8) is 0 Å². The molecule has 3 aliphatic carbocycles. The molecule has 1 heterocycles. The summed E-state index contributed by atoms with van der Waals surface area (Å²) in [6, 6.07) is 16.5. The lowest BCUT2D eigenvalue weighted by atomic mass is 9.60. The Kier molecular flexibility index (Phi) is 7.89. The van der Waals surface area contributed by atoms with E-state index < -0.39 is 5.60 Å². The van der Waals surface area contributed by atoms with Crippen LogP contribution in [0.15, 0.2) is 54.6 Å². The fourth-order valence-electron chi connectivity index (χ4n) is 6.21. The zero-order chi connectivity index (χ0) is 26.7. The molecule has 1 saturated carbocycles. The van der Waals surface area contributed by atoms with Crippen LogP contribution >= 0.6 is 0 Å². The zero-order valence-electron chi connectivity index (χ0n) is 23.2. The van der Waals surface area contributed by atoms with Crippen LogP contribution in [0.2, 0.25) is 0 Å². The van der Waals surface area contributed by atoms with Gasteiger partial charge in [-0.15, -0.1) is 0 Å². The molecule has 3 aliphatic rings. The summed E-state index contributed by atoms with van der Waals surface area (Å²) in [5.41, 5.74) is 4.30. The summed E-state index contributed by atoms with van der Waals surface area (Å²) < 4.78 is 11.9. The third kappa shape index (κ3) is 5.65. The van der Waals surface area contributed by atoms with Crippen molar-refractivity contribution in [1.82, 2.24) is 14.9 Å². The Morgan fingerprint density at radius 2 is 2.00 bits per heavy atom. The van der Waals surface area contributed by atoms with Crippen molar-refractivity contribution in [2.75, 3.05) is 27.2 Å². The minimum Gasteiger partial charge on any atom is -0.497 e. The summed E-state index contributed by atoms with van der Waals surface area (Å²) >= 11 is 0. The third-order valence-electron chi connectivity index (χ3n) is 8.40. The van der Waals surface area contributed by atoms with E-state index >= 15 is 0 Å². The Morgan fingerprint density at radius 1 is 1.16 bits per heavy atom. The largest absolute Gasteiger partial charge is 0.497 e. The van der Waals surface area contributed by atoms with E-state index in [2.05, 4.69) is 47.3 Å². The van der Waals surface area contributed by atoms with Crippen LogP contribution < -0.4 is 4.74 Å². The predicted octanol–water partition coefficient (Wildman–Crippen LogP) is 6.28. The summed E-state index contributed by atoms with van der Waals surface area (Å²) in [5, 5.41) is 0. The molecule has 0 aliphatic heterocycles. The number of methoxy groups -OCH3 is 1. The summed E-state index contributed by atoms with van der Waals surface area (Å²) in [6.07, 6.45) is 8.31. The normalized spacial score (nSPS) is 22.7. The quantitative estimate of drug-likeness (QED) is 0.305. The minimum atomic E-state index is -0.431. The van der Waals surface area contributed by atoms with Crippen LogP contribution in [0.3, 0.4) is 0 Å². The van der Waals surface area contributed by atoms with Crippen LogP contribution in [0.25, 0.3) is 16.6 Å². The number of benzene rings is 2. The van der Waals surface area contributed by atoms with Gasteiger partial charge in [0, 0.05) is 25.3 Å². The standard InChI is InChI=1S/C32H41N3O3/c1-22(2)31(36)38-32(16-18-35(3)17-8-13-30-33-28-11-5-6-12-29(28)34-30)21-24-14-15-25(32)20-27(24)23-9-7-10-26(19-23)37-4/h5-7,9-12,19-20,22,24-25H,8,13-18,21H2,1-4H3,(H,33,34)/t24-,25-,32+/m1/s1. The number of H-pyrrole nitrogens is 1. The number of imidazole rings is 1. The van der Waals surface area contributed by atoms with Crippen LogP contribution in [0.4, 0.5) is 0 Å². The van der Waals surface area contributed by atoms with E-state index in [1.165, 1.54) is 11.1 Å². The molecule has 1 N–H and O–H groups in total. The summed E-state index contributed by atoms with van der Waals surface area (Å²) in [7, 11) is 3.89. The lowest BCUT2D eigenvalue weighted by Gasteiger charge is -2.50. The zero-order valence-corrected chi connectivity index (χ0v) is 23.2. The average molecular weight is 516 g/mol. The molecule has 202 valence electrons. The number of carbonyl (C=O) groups excluding carboxylic acids is 1. The third-order valence-corrected chi connectivity index (χ3v) is 8.40. The van der Waals surface area contributed by atoms with E-state index in [9.17, 15) is 4.79 Å². The number of nitrogens with zero attached hydrogens (tertiary/aromatic N) is 2. The van der Waals surface area contributed by atoms with Crippen molar-refractivity contribution >= 4 is 22.6 Å². The number of hydrogen-bond acceptors (Lipinski definition) is 5. The molecule has 6 heteroatoms. The molecule has 0 spiro atoms. The lowest BCUT2D eigenvalue weighted by molar-refractivity contribution is -0.176. The number of esters is 1. The van der Waals surface area contributed by atoms with Gasteiger partial charge in [0.25, 0.3) is 0 Å². The number of allylic oxidation sites excluding steroid dienone is 1. The van der Waals surface area contributed by atoms with Gasteiger partial charge >= 0.3 is 5.97 Å². The fraction of sp³-hybridized carbons (Fsp3) is 0.500. The Labute approximate surface area is 226 Å². The molecule has 2 aromatic carbocycles. The topological polar surface area (TPSA) is 67.4 Å². The predicted molar refractivity (Wildman–Crippen MR) is 152 cm³/mol. The van der Waals surface area contributed by atoms with E-state index in [4.69, 9.17) is 14.5 Å². The second-order valence-corrected chi connectivity index (χ2v) is 11.4. The highest BCUT2D eigenvalue weighted by atomic mass is 16.6. The number of ether oxygens (including phenoxy) is 2. The van der Waals surface area contributed by atoms with Crippen molar-refractivity contribution in [3.8, 4) is 5.75 Å². The van der Waals surface area contributed by atoms with Crippen LogP contribution in [0.5, 0.6) is 5.75 Å². The molecule has 3 atom stereocenters. The van der Waals surface area contributed by atoms with Crippen LogP contribution in [-0.4, -0.2) is 53.7 Å². The van der Waals surface area contributed by atoms with Gasteiger partial charge in [-0.1, -0.05) is 44.2 Å². The average Bonchev–Trinajstić information content (AvgIpc) is 3.35. The maximum Gasteiger partial charge on any atom is 0.308 e. The Hall–Kier alpha value is -3.12. The van der Waals surface area contributed by atoms with Crippen molar-refractivity contribution in [2.45, 2.75) is 58.0 Å². The Morgan fingerprint density at radius 3 is 2.74 bits per heavy atom. The molecule has 0 unspecified atom stereocenters. The van der Waals surface area contributed by atoms with Crippen molar-refractivity contribution < 1.29 is 14.3 Å². The number of aryl methyl sites for hydroxylation is 1. The number of para-hydroxylation sites is 2. The molecule has 38 heavy (non-hydrogen) atoms. The maximum atomic E-state index is 12.9. The van der Waals surface area contributed by atoms with E-state index in [1.807, 2.05) is 38.1 Å². The molecule has 6 nitrogen and oxygen atoms in total. The van der Waals surface area contributed by atoms with Gasteiger partial charge in [-0.25, -0.2) is 4.98 Å². The fourth-order valence-corrected chi connectivity index (χ4v) is 6.21. The van der Waals surface area contributed by atoms with Gasteiger partial charge in [-0.3, -0.25) is 4.79 Å². The van der Waals surface area contributed by atoms with Crippen molar-refractivity contribution in [3.05, 3.63) is 66.0 Å². The van der Waals surface area contributed by atoms with Gasteiger partial charge in [-0.05, 0) is 80.6 Å². The number of rotatable bonds is 11. The minimum absolute atomic E-state index is 0.0820. The first-order valence-corrected chi connectivity index (χ1v) is 14.1. The molecular weight excluding hydrogens is 474 g/mol. The molecule has 6 rings (SSSR count). The first kappa shape index (κ1) is 26.5. The van der Waals surface area contributed by atoms with Crippen LogP contribution in [0.1, 0.15) is 57.3 Å². The Bertz CT molecular complexity index is 1260. The SMILES string of the molecule is COc1cccc(C2=C[C@H]3CC[C@@H]2C[C@]3(CCN(C)CCCc2nc3ccccc3[nH]2)OC(=O)C(C)C)c1. The number of carbonyl (C=O) groups is 1. The molecular formula is C32H41N3O3. The molecule has 0 radical (unpaired) electrons. The van der Waals surface area contributed by atoms with E-state index in [1.54, 1.807) is 7.11 Å². The molecule has 0 amide bonds. The smallest absolute Gasteiger partial charge is 0.308 e. The highest BCUT2D eigenvalue weighted by Crippen LogP contribution is 2.53. The second-order valence-electron chi connectivity index (χ2n) is 11.4. The monoisotopic (exact) mass is 515 g/mol. The number of aromatic amines is 1. The summed E-state index contributed by atoms with van der Waals surface area (Å²) in [5.74, 6) is 2.34. The maximum absolute atomic E-state index is 12.9. The number of aromatic nitrogens is 2. The van der Waals surface area contributed by atoms with Crippen LogP contribution in [-0.2, 0) is 16.0 Å². The lowest BCUT2D eigenvalue weighted by Crippen LogP contribution is -2.51. The highest BCUT2D eigenvalue weighted by Gasteiger charge is 2.50. The van der Waals surface area contributed by atoms with E-state index in [-0.39, 0.29) is 17.8 Å². The Balaban J connectivity index is 1.25. The first-order chi connectivity index (χ1) is 18.4. The summed E-state index contributed by atoms with van der Waals surface area (Å²) in [6.45, 7) is 5.74. The van der Waals surface area contributed by atoms with Crippen molar-refractivity contribution in [1.29, 1.82) is 0 Å². The van der Waals surface area contributed by atoms with Gasteiger partial charge in [0.1, 0.15) is 17.2 Å². The number of fused-ring (bicyclic) bond motifs is 3. The van der Waals surface area contributed by atoms with Crippen LogP contribution in [0, 0.1) is 17.8 Å². The molecule has 3 aromatic rings. The number of hydrogen-bond donors (Lipinski definition) is 1. The number of nitrogens with one attached hydrogen (secondary N) is 1. The van der Waals surface area contributed by atoms with E-state index in [0.717, 1.165) is 74.2 Å². The van der Waals surface area contributed by atoms with Gasteiger partial charge in [0.05, 0.1) is 24.1 Å². The van der Waals surface area contributed by atoms with E-state index in [0.29, 0.717) is 5.92 Å². The van der Waals surface area contributed by atoms with Gasteiger partial charge in [0.15, 0.2) is 0 Å². The first-order valence-electron chi connectivity index (χ1n) is 14.1. The van der Waals surface area contributed by atoms with Gasteiger partial charge in [-0.2, -0.15) is 0 Å². The molecule has 1 aromatic heterocycles. The van der Waals surface area contributed by atoms with Crippen molar-refractivity contribution in [2.24, 2.45) is 17.8 Å². The second kappa shape index (κ2) is 11.3. The summed E-state index contributed by atoms with van der Waals surface area (Å²) in [4.78, 5) is 23.4. The molecule has 1 fully saturated rings. The van der Waals surface area contributed by atoms with Gasteiger partial charge in [0.2, 0.25) is 0 Å². The van der Waals surface area contributed by atoms with Gasteiger partial charge < -0.3 is 19.4 Å². The molecule has 2 bridgehead atoms. The highest BCUT2D eigenvalue weighted by molar-refractivity contribution is 5.75.